The molecule has 0 N–H and O–H groups in total. The SMILES string of the molecule is CS(=O)(=O)C1C(c2ccc(Cl)cc2)C1(C#N)C=O. The van der Waals surface area contributed by atoms with E-state index < -0.39 is 26.4 Å². The summed E-state index contributed by atoms with van der Waals surface area (Å²) in [6.07, 6.45) is 1.49. The second-order valence-electron chi connectivity index (χ2n) is 4.44. The predicted molar refractivity (Wildman–Crippen MR) is 66.9 cm³/mol. The van der Waals surface area contributed by atoms with Gasteiger partial charge in [0.2, 0.25) is 0 Å². The fraction of sp³-hybridized carbons (Fsp3) is 0.333. The zero-order valence-corrected chi connectivity index (χ0v) is 11.1. The highest BCUT2D eigenvalue weighted by Gasteiger charge is 2.71. The normalized spacial score (nSPS) is 30.5. The molecular formula is C12H10ClNO3S. The van der Waals surface area contributed by atoms with Gasteiger partial charge in [-0.1, -0.05) is 23.7 Å². The largest absolute Gasteiger partial charge is 0.302 e. The van der Waals surface area contributed by atoms with Crippen LogP contribution in [-0.4, -0.2) is 26.2 Å². The number of nitrogens with zero attached hydrogens (tertiary/aromatic N) is 1. The number of benzene rings is 1. The number of aldehydes is 1. The molecule has 6 heteroatoms. The van der Waals surface area contributed by atoms with Gasteiger partial charge in [0.1, 0.15) is 11.7 Å². The average molecular weight is 284 g/mol. The number of hydrogen-bond acceptors (Lipinski definition) is 4. The van der Waals surface area contributed by atoms with Crippen LogP contribution in [0.25, 0.3) is 0 Å². The Morgan fingerprint density at radius 1 is 1.39 bits per heavy atom. The third-order valence-corrected chi connectivity index (χ3v) is 5.09. The molecule has 3 unspecified atom stereocenters. The van der Waals surface area contributed by atoms with Crippen LogP contribution in [0.5, 0.6) is 0 Å². The molecule has 0 aromatic heterocycles. The van der Waals surface area contributed by atoms with Gasteiger partial charge < -0.3 is 4.79 Å². The van der Waals surface area contributed by atoms with E-state index in [1.54, 1.807) is 24.3 Å². The Kier molecular flexibility index (Phi) is 2.96. The fourth-order valence-corrected chi connectivity index (χ4v) is 4.28. The molecule has 0 radical (unpaired) electrons. The summed E-state index contributed by atoms with van der Waals surface area (Å²) in [5.41, 5.74) is -0.815. The number of hydrogen-bond donors (Lipinski definition) is 0. The number of carbonyl (C=O) groups excluding carboxylic acids is 1. The van der Waals surface area contributed by atoms with Crippen LogP contribution in [-0.2, 0) is 14.6 Å². The average Bonchev–Trinajstić information content (AvgIpc) is 3.00. The minimum atomic E-state index is -3.46. The van der Waals surface area contributed by atoms with Crippen LogP contribution < -0.4 is 0 Å². The van der Waals surface area contributed by atoms with Gasteiger partial charge in [-0.25, -0.2) is 8.42 Å². The minimum absolute atomic E-state index is 0.442. The van der Waals surface area contributed by atoms with Crippen LogP contribution >= 0.6 is 11.6 Å². The number of nitriles is 1. The lowest BCUT2D eigenvalue weighted by Gasteiger charge is -1.99. The van der Waals surface area contributed by atoms with E-state index in [0.29, 0.717) is 16.9 Å². The van der Waals surface area contributed by atoms with E-state index in [1.807, 2.05) is 6.07 Å². The quantitative estimate of drug-likeness (QED) is 0.789. The third-order valence-electron chi connectivity index (χ3n) is 3.26. The second-order valence-corrected chi connectivity index (χ2v) is 7.05. The van der Waals surface area contributed by atoms with E-state index in [9.17, 15) is 13.2 Å². The molecule has 4 nitrogen and oxygen atoms in total. The lowest BCUT2D eigenvalue weighted by atomic mass is 10.0. The van der Waals surface area contributed by atoms with Crippen LogP contribution in [0.15, 0.2) is 24.3 Å². The van der Waals surface area contributed by atoms with Crippen molar-refractivity contribution in [1.29, 1.82) is 5.26 Å². The van der Waals surface area contributed by atoms with Gasteiger partial charge in [-0.05, 0) is 17.7 Å². The molecule has 1 saturated carbocycles. The van der Waals surface area contributed by atoms with Crippen molar-refractivity contribution in [1.82, 2.24) is 0 Å². The van der Waals surface area contributed by atoms with Crippen molar-refractivity contribution in [2.45, 2.75) is 11.2 Å². The summed E-state index contributed by atoms with van der Waals surface area (Å²) in [5.74, 6) is -0.604. The molecule has 0 heterocycles. The van der Waals surface area contributed by atoms with E-state index >= 15 is 0 Å². The number of halogens is 1. The number of sulfone groups is 1. The van der Waals surface area contributed by atoms with E-state index in [2.05, 4.69) is 0 Å². The first-order valence-corrected chi connectivity index (χ1v) is 7.52. The molecule has 94 valence electrons. The van der Waals surface area contributed by atoms with Gasteiger partial charge in [0, 0.05) is 17.2 Å². The van der Waals surface area contributed by atoms with Crippen molar-refractivity contribution in [3.63, 3.8) is 0 Å². The maximum absolute atomic E-state index is 11.6. The van der Waals surface area contributed by atoms with E-state index in [1.165, 1.54) is 0 Å². The molecule has 1 aliphatic carbocycles. The molecule has 1 aromatic rings. The van der Waals surface area contributed by atoms with Crippen LogP contribution in [0.2, 0.25) is 5.02 Å². The summed E-state index contributed by atoms with van der Waals surface area (Å²) in [6.45, 7) is 0. The van der Waals surface area contributed by atoms with Crippen LogP contribution in [0.4, 0.5) is 0 Å². The van der Waals surface area contributed by atoms with E-state index in [4.69, 9.17) is 16.9 Å². The Morgan fingerprint density at radius 3 is 2.28 bits per heavy atom. The van der Waals surface area contributed by atoms with Crippen LogP contribution in [0, 0.1) is 16.7 Å². The lowest BCUT2D eigenvalue weighted by molar-refractivity contribution is -0.110. The zero-order chi connectivity index (χ0) is 13.6. The van der Waals surface area contributed by atoms with Crippen molar-refractivity contribution in [2.75, 3.05) is 6.26 Å². The molecule has 1 aromatic carbocycles. The van der Waals surface area contributed by atoms with E-state index in [-0.39, 0.29) is 0 Å². The van der Waals surface area contributed by atoms with Gasteiger partial charge in [-0.2, -0.15) is 5.26 Å². The summed E-state index contributed by atoms with van der Waals surface area (Å²) < 4.78 is 23.3. The maximum atomic E-state index is 11.6. The fourth-order valence-electron chi connectivity index (χ4n) is 2.40. The maximum Gasteiger partial charge on any atom is 0.153 e. The summed E-state index contributed by atoms with van der Waals surface area (Å²) in [4.78, 5) is 11.1. The number of rotatable bonds is 3. The first kappa shape index (κ1) is 13.1. The van der Waals surface area contributed by atoms with Crippen LogP contribution in [0.3, 0.4) is 0 Å². The van der Waals surface area contributed by atoms with Crippen molar-refractivity contribution < 1.29 is 13.2 Å². The zero-order valence-electron chi connectivity index (χ0n) is 9.50. The smallest absolute Gasteiger partial charge is 0.153 e. The number of carbonyl (C=O) groups is 1. The summed E-state index contributed by atoms with van der Waals surface area (Å²) in [6, 6.07) is 8.36. The molecule has 1 aliphatic rings. The van der Waals surface area contributed by atoms with Gasteiger partial charge in [-0.3, -0.25) is 0 Å². The molecular weight excluding hydrogens is 274 g/mol. The van der Waals surface area contributed by atoms with Gasteiger partial charge in [-0.15, -0.1) is 0 Å². The molecule has 0 aliphatic heterocycles. The third kappa shape index (κ3) is 1.82. The molecule has 0 spiro atoms. The van der Waals surface area contributed by atoms with Crippen molar-refractivity contribution in [3.05, 3.63) is 34.9 Å². The van der Waals surface area contributed by atoms with Crippen molar-refractivity contribution >= 4 is 27.7 Å². The molecule has 2 rings (SSSR count). The monoisotopic (exact) mass is 283 g/mol. The Bertz CT molecular complexity index is 632. The molecule has 0 bridgehead atoms. The molecule has 0 amide bonds. The summed E-state index contributed by atoms with van der Waals surface area (Å²) in [5, 5.41) is 8.66. The minimum Gasteiger partial charge on any atom is -0.302 e. The van der Waals surface area contributed by atoms with Gasteiger partial charge >= 0.3 is 0 Å². The first-order chi connectivity index (χ1) is 8.36. The molecule has 3 atom stereocenters. The Hall–Kier alpha value is -1.38. The highest BCUT2D eigenvalue weighted by Crippen LogP contribution is 2.61. The molecule has 1 fully saturated rings. The van der Waals surface area contributed by atoms with Crippen LogP contribution in [0.1, 0.15) is 11.5 Å². The Labute approximate surface area is 110 Å². The Balaban J connectivity index is 2.49. The van der Waals surface area contributed by atoms with Crippen molar-refractivity contribution in [2.24, 2.45) is 5.41 Å². The Morgan fingerprint density at radius 2 is 1.94 bits per heavy atom. The van der Waals surface area contributed by atoms with Gasteiger partial charge in [0.15, 0.2) is 9.84 Å². The lowest BCUT2D eigenvalue weighted by Crippen LogP contribution is -2.14. The summed E-state index contributed by atoms with van der Waals surface area (Å²) >= 11 is 5.75. The predicted octanol–water partition coefficient (Wildman–Crippen LogP) is 1.56. The van der Waals surface area contributed by atoms with Gasteiger partial charge in [0.25, 0.3) is 0 Å². The summed E-state index contributed by atoms with van der Waals surface area (Å²) in [7, 11) is -3.46. The highest BCUT2D eigenvalue weighted by molar-refractivity contribution is 7.91. The molecule has 0 saturated heterocycles. The second kappa shape index (κ2) is 4.08. The van der Waals surface area contributed by atoms with E-state index in [0.717, 1.165) is 6.26 Å². The highest BCUT2D eigenvalue weighted by atomic mass is 35.5. The standard InChI is InChI=1S/C12H10ClNO3S/c1-18(16,17)11-10(12(11,6-14)7-15)8-2-4-9(13)5-3-8/h2-5,7,10-11H,1H3. The topological polar surface area (TPSA) is 75.0 Å². The van der Waals surface area contributed by atoms with Gasteiger partial charge in [0.05, 0.1) is 11.3 Å². The van der Waals surface area contributed by atoms with Crippen molar-refractivity contribution in [3.8, 4) is 6.07 Å². The molecule has 18 heavy (non-hydrogen) atoms. The first-order valence-electron chi connectivity index (χ1n) is 5.18.